The maximum absolute atomic E-state index is 15.0. The number of carbonyl (C=O) groups excluding carboxylic acids is 1. The molecule has 1 aliphatic heterocycles. The Balaban J connectivity index is 1.42. The Morgan fingerprint density at radius 3 is 2.46 bits per heavy atom. The summed E-state index contributed by atoms with van der Waals surface area (Å²) in [6, 6.07) is 13.9. The van der Waals surface area contributed by atoms with Crippen LogP contribution in [0.5, 0.6) is 0 Å². The van der Waals surface area contributed by atoms with E-state index >= 15 is 0 Å². The number of piperazine rings is 1. The summed E-state index contributed by atoms with van der Waals surface area (Å²) in [5.74, 6) is -1.19. The molecule has 1 fully saturated rings. The molecule has 0 unspecified atom stereocenters. The highest BCUT2D eigenvalue weighted by atomic mass is 35.5. The highest BCUT2D eigenvalue weighted by Gasteiger charge is 2.25. The van der Waals surface area contributed by atoms with E-state index in [9.17, 15) is 17.6 Å². The summed E-state index contributed by atoms with van der Waals surface area (Å²) in [5, 5.41) is 0.995. The van der Waals surface area contributed by atoms with Crippen LogP contribution in [0.3, 0.4) is 0 Å². The third kappa shape index (κ3) is 6.67. The zero-order valence-corrected chi connectivity index (χ0v) is 23.5. The monoisotopic (exact) mass is 588 g/mol. The van der Waals surface area contributed by atoms with Crippen molar-refractivity contribution in [2.24, 2.45) is 4.99 Å². The summed E-state index contributed by atoms with van der Waals surface area (Å²) in [7, 11) is -4.18. The Bertz CT molecular complexity index is 1540. The first-order valence-corrected chi connectivity index (χ1v) is 14.4. The van der Waals surface area contributed by atoms with Crippen LogP contribution in [0.2, 0.25) is 10.0 Å². The van der Waals surface area contributed by atoms with Crippen molar-refractivity contribution < 1.29 is 17.6 Å². The third-order valence-corrected chi connectivity index (χ3v) is 8.47. The molecule has 0 radical (unpaired) electrons. The number of nitrogens with one attached hydrogen (secondary N) is 1. The number of allylic oxidation sites excluding steroid dienone is 1. The Labute approximate surface area is 237 Å². The summed E-state index contributed by atoms with van der Waals surface area (Å²) < 4.78 is 43.4. The second-order valence-corrected chi connectivity index (χ2v) is 11.4. The van der Waals surface area contributed by atoms with E-state index in [0.29, 0.717) is 48.3 Å². The largest absolute Gasteiger partial charge is 0.336 e. The zero-order valence-electron chi connectivity index (χ0n) is 21.2. The SMILES string of the molecule is C=Nc1c(/C=C\C)cccc1S(=O)(=O)Nc1ccc(C(=O)N2CCN(Cc3ccc(Cl)c(Cl)c3)CC2)cc1F. The van der Waals surface area contributed by atoms with E-state index < -0.39 is 15.8 Å². The van der Waals surface area contributed by atoms with E-state index in [1.165, 1.54) is 18.2 Å². The highest BCUT2D eigenvalue weighted by Crippen LogP contribution is 2.31. The van der Waals surface area contributed by atoms with Crippen molar-refractivity contribution in [3.63, 3.8) is 0 Å². The van der Waals surface area contributed by atoms with Crippen LogP contribution in [0.15, 0.2) is 70.6 Å². The number of para-hydroxylation sites is 1. The lowest BCUT2D eigenvalue weighted by atomic mass is 10.1. The molecule has 1 heterocycles. The molecule has 3 aromatic rings. The molecule has 1 saturated heterocycles. The minimum absolute atomic E-state index is 0.133. The van der Waals surface area contributed by atoms with E-state index in [0.717, 1.165) is 11.6 Å². The maximum Gasteiger partial charge on any atom is 0.264 e. The van der Waals surface area contributed by atoms with Gasteiger partial charge in [-0.1, -0.05) is 53.6 Å². The molecule has 0 saturated carbocycles. The lowest BCUT2D eigenvalue weighted by Gasteiger charge is -2.35. The molecule has 39 heavy (non-hydrogen) atoms. The van der Waals surface area contributed by atoms with Gasteiger partial charge in [-0.3, -0.25) is 19.4 Å². The van der Waals surface area contributed by atoms with E-state index in [1.807, 2.05) is 12.1 Å². The fourth-order valence-electron chi connectivity index (χ4n) is 4.36. The van der Waals surface area contributed by atoms with Gasteiger partial charge in [0.1, 0.15) is 10.7 Å². The van der Waals surface area contributed by atoms with Crippen molar-refractivity contribution in [3.05, 3.63) is 93.2 Å². The quantitative estimate of drug-likeness (QED) is 0.315. The fraction of sp³-hybridized carbons (Fsp3) is 0.214. The molecule has 1 amide bonds. The van der Waals surface area contributed by atoms with Gasteiger partial charge in [-0.05, 0) is 55.6 Å². The number of benzene rings is 3. The smallest absolute Gasteiger partial charge is 0.264 e. The molecule has 0 aromatic heterocycles. The van der Waals surface area contributed by atoms with Gasteiger partial charge in [0.2, 0.25) is 0 Å². The molecule has 1 aliphatic rings. The van der Waals surface area contributed by atoms with Gasteiger partial charge in [0.05, 0.1) is 21.4 Å². The molecule has 4 rings (SSSR count). The Kier molecular flexibility index (Phi) is 9.07. The molecule has 0 atom stereocenters. The number of halogens is 3. The normalized spacial score (nSPS) is 14.5. The van der Waals surface area contributed by atoms with Gasteiger partial charge >= 0.3 is 0 Å². The first kappa shape index (κ1) is 28.8. The average Bonchev–Trinajstić information content (AvgIpc) is 2.92. The van der Waals surface area contributed by atoms with Crippen LogP contribution in [0.4, 0.5) is 15.8 Å². The lowest BCUT2D eigenvalue weighted by molar-refractivity contribution is 0.0628. The summed E-state index contributed by atoms with van der Waals surface area (Å²) >= 11 is 12.1. The minimum Gasteiger partial charge on any atom is -0.336 e. The Morgan fingerprint density at radius 2 is 1.82 bits per heavy atom. The topological polar surface area (TPSA) is 82.1 Å². The number of amides is 1. The van der Waals surface area contributed by atoms with Gasteiger partial charge in [0, 0.05) is 43.9 Å². The van der Waals surface area contributed by atoms with Gasteiger partial charge in [-0.2, -0.15) is 0 Å². The van der Waals surface area contributed by atoms with Crippen molar-refractivity contribution in [2.45, 2.75) is 18.4 Å². The van der Waals surface area contributed by atoms with Crippen LogP contribution in [-0.2, 0) is 16.6 Å². The molecule has 3 aromatic carbocycles. The third-order valence-electron chi connectivity index (χ3n) is 6.33. The predicted molar refractivity (Wildman–Crippen MR) is 155 cm³/mol. The molecule has 0 bridgehead atoms. The van der Waals surface area contributed by atoms with Gasteiger partial charge in [-0.15, -0.1) is 0 Å². The number of anilines is 1. The van der Waals surface area contributed by atoms with Crippen molar-refractivity contribution in [1.29, 1.82) is 0 Å². The number of hydrogen-bond donors (Lipinski definition) is 1. The predicted octanol–water partition coefficient (Wildman–Crippen LogP) is 6.26. The number of sulfonamides is 1. The van der Waals surface area contributed by atoms with Crippen LogP contribution >= 0.6 is 23.2 Å². The molecule has 1 N–H and O–H groups in total. The van der Waals surface area contributed by atoms with Gasteiger partial charge in [0.15, 0.2) is 0 Å². The summed E-state index contributed by atoms with van der Waals surface area (Å²) in [4.78, 5) is 20.6. The average molecular weight is 590 g/mol. The number of rotatable bonds is 8. The molecule has 11 heteroatoms. The number of nitrogens with zero attached hydrogens (tertiary/aromatic N) is 3. The van der Waals surface area contributed by atoms with Gasteiger partial charge < -0.3 is 4.90 Å². The van der Waals surface area contributed by atoms with Crippen LogP contribution in [0.1, 0.15) is 28.4 Å². The van der Waals surface area contributed by atoms with E-state index in [4.69, 9.17) is 23.2 Å². The number of hydrogen-bond acceptors (Lipinski definition) is 5. The summed E-state index contributed by atoms with van der Waals surface area (Å²) in [5.41, 5.74) is 1.61. The zero-order chi connectivity index (χ0) is 28.2. The lowest BCUT2D eigenvalue weighted by Crippen LogP contribution is -2.48. The van der Waals surface area contributed by atoms with E-state index in [1.54, 1.807) is 42.2 Å². The van der Waals surface area contributed by atoms with E-state index in [2.05, 4.69) is 21.3 Å². The van der Waals surface area contributed by atoms with Crippen molar-refractivity contribution >= 4 is 63.3 Å². The molecule has 204 valence electrons. The second-order valence-electron chi connectivity index (χ2n) is 8.97. The summed E-state index contributed by atoms with van der Waals surface area (Å²) in [6.07, 6.45) is 3.45. The molecular formula is C28H27Cl2FN4O3S. The Hall–Kier alpha value is -3.24. The Morgan fingerprint density at radius 1 is 1.08 bits per heavy atom. The minimum atomic E-state index is -4.18. The molecule has 0 spiro atoms. The molecule has 0 aliphatic carbocycles. The van der Waals surface area contributed by atoms with Gasteiger partial charge in [-0.25, -0.2) is 12.8 Å². The van der Waals surface area contributed by atoms with Crippen molar-refractivity contribution in [2.75, 3.05) is 30.9 Å². The van der Waals surface area contributed by atoms with E-state index in [-0.39, 0.29) is 27.7 Å². The first-order valence-electron chi connectivity index (χ1n) is 12.1. The molecule has 7 nitrogen and oxygen atoms in total. The van der Waals surface area contributed by atoms with Crippen LogP contribution < -0.4 is 4.72 Å². The number of aliphatic imine (C=N–C) groups is 1. The van der Waals surface area contributed by atoms with Crippen LogP contribution in [-0.4, -0.2) is 57.0 Å². The van der Waals surface area contributed by atoms with Crippen LogP contribution in [0, 0.1) is 5.82 Å². The number of carbonyl (C=O) groups is 1. The first-order chi connectivity index (χ1) is 18.6. The maximum atomic E-state index is 15.0. The van der Waals surface area contributed by atoms with Crippen molar-refractivity contribution in [1.82, 2.24) is 9.80 Å². The highest BCUT2D eigenvalue weighted by molar-refractivity contribution is 7.92. The standard InChI is InChI=1S/C28H27Cl2FN4O3S/c1-3-5-20-6-4-7-26(27(20)32-2)39(37,38)33-25-11-9-21(17-24(25)31)28(36)35-14-12-34(13-15-35)18-19-8-10-22(29)23(30)16-19/h3-11,16-17,33H,2,12-15,18H2,1H3/b5-3-. The summed E-state index contributed by atoms with van der Waals surface area (Å²) in [6.45, 7) is 8.15. The second kappa shape index (κ2) is 12.3. The van der Waals surface area contributed by atoms with Crippen LogP contribution in [0.25, 0.3) is 6.08 Å². The van der Waals surface area contributed by atoms with Crippen molar-refractivity contribution in [3.8, 4) is 0 Å². The molecular weight excluding hydrogens is 562 g/mol. The fourth-order valence-corrected chi connectivity index (χ4v) is 5.94. The van der Waals surface area contributed by atoms with Gasteiger partial charge in [0.25, 0.3) is 15.9 Å².